The molecule has 5 rings (SSSR count). The van der Waals surface area contributed by atoms with Crippen LogP contribution in [0.3, 0.4) is 0 Å². The van der Waals surface area contributed by atoms with Gasteiger partial charge in [0.25, 0.3) is 0 Å². The van der Waals surface area contributed by atoms with Gasteiger partial charge in [-0.05, 0) is 31.6 Å². The molecule has 1 aliphatic carbocycles. The summed E-state index contributed by atoms with van der Waals surface area (Å²) in [5.74, 6) is -8.38. The van der Waals surface area contributed by atoms with Crippen LogP contribution in [0.5, 0.6) is 0 Å². The standard InChI is InChI=1S/C39H48O16/c1-17-28-26-27(52-35(46)25-15-13-12-14-16-25)18(2)31(49-21(5)42)39(26,54-24(8)45)36(51-23(7)44)38(11,55-28)34-33(53-34)37(9,10)32(50-22(6)43)30(48-20(4)41)29(17)47-19(3)40/h12-16,18,26-28,30-34,36H,1-11H3/b29-17+/t18-,26-,27+,28-,30+,31+,32-,33+,34+,36-,38+,39+/m1/s1. The van der Waals surface area contributed by atoms with Crippen molar-refractivity contribution in [2.24, 2.45) is 17.3 Å². The maximum Gasteiger partial charge on any atom is 0.338 e. The van der Waals surface area contributed by atoms with Crippen LogP contribution in [0.25, 0.3) is 0 Å². The van der Waals surface area contributed by atoms with Gasteiger partial charge in [0.1, 0.15) is 17.8 Å². The summed E-state index contributed by atoms with van der Waals surface area (Å²) in [6.07, 6.45) is -10.7. The number of benzene rings is 1. The van der Waals surface area contributed by atoms with Crippen molar-refractivity contribution in [2.75, 3.05) is 0 Å². The fourth-order valence-corrected chi connectivity index (χ4v) is 8.80. The van der Waals surface area contributed by atoms with Gasteiger partial charge in [-0.25, -0.2) is 4.79 Å². The smallest absolute Gasteiger partial charge is 0.338 e. The summed E-state index contributed by atoms with van der Waals surface area (Å²) in [5.41, 5.74) is -5.00. The molecule has 4 aliphatic rings. The minimum atomic E-state index is -2.17. The predicted molar refractivity (Wildman–Crippen MR) is 185 cm³/mol. The Labute approximate surface area is 318 Å². The van der Waals surface area contributed by atoms with E-state index >= 15 is 0 Å². The Hall–Kier alpha value is -4.83. The van der Waals surface area contributed by atoms with Crippen LogP contribution >= 0.6 is 0 Å². The molecule has 0 unspecified atom stereocenters. The molecule has 300 valence electrons. The first-order valence-electron chi connectivity index (χ1n) is 17.9. The topological polar surface area (TPSA) is 206 Å². The van der Waals surface area contributed by atoms with Gasteiger partial charge in [-0.2, -0.15) is 0 Å². The van der Waals surface area contributed by atoms with Crippen molar-refractivity contribution in [3.8, 4) is 0 Å². The molecule has 55 heavy (non-hydrogen) atoms. The highest BCUT2D eigenvalue weighted by Gasteiger charge is 2.81. The number of carbonyl (C=O) groups excluding carboxylic acids is 7. The van der Waals surface area contributed by atoms with Gasteiger partial charge in [-0.15, -0.1) is 0 Å². The zero-order chi connectivity index (χ0) is 40.9. The zero-order valence-electron chi connectivity index (χ0n) is 32.7. The Morgan fingerprint density at radius 1 is 0.673 bits per heavy atom. The number of ether oxygens (including phenoxy) is 9. The summed E-state index contributed by atoms with van der Waals surface area (Å²) in [4.78, 5) is 91.8. The summed E-state index contributed by atoms with van der Waals surface area (Å²) in [6, 6.07) is 8.03. The number of hydrogen-bond acceptors (Lipinski definition) is 16. The van der Waals surface area contributed by atoms with Crippen LogP contribution in [0.2, 0.25) is 0 Å². The third-order valence-corrected chi connectivity index (χ3v) is 10.8. The highest BCUT2D eigenvalue weighted by atomic mass is 16.7. The minimum Gasteiger partial charge on any atom is -0.458 e. The van der Waals surface area contributed by atoms with E-state index in [2.05, 4.69) is 0 Å². The van der Waals surface area contributed by atoms with Crippen LogP contribution in [0, 0.1) is 17.3 Å². The number of esters is 7. The van der Waals surface area contributed by atoms with Crippen molar-refractivity contribution in [1.29, 1.82) is 0 Å². The molecular weight excluding hydrogens is 724 g/mol. The van der Waals surface area contributed by atoms with Crippen LogP contribution in [-0.4, -0.2) is 102 Å². The summed E-state index contributed by atoms with van der Waals surface area (Å²) >= 11 is 0. The molecule has 3 heterocycles. The van der Waals surface area contributed by atoms with Crippen molar-refractivity contribution in [1.82, 2.24) is 0 Å². The normalized spacial score (nSPS) is 37.1. The SMILES string of the molecule is CC(=O)O/C1=C(\C)[C@H]2O[C@](C)([C@@H](OC(C)=O)[C@]3(OC(C)=O)[C@@H]2[C@@H](OC(=O)c2ccccc2)[C@@H](C)[C@@H]3OC(C)=O)[C@H]2O[C@@H]2C(C)(C)[C@H](OC(C)=O)[C@H]1OC(C)=O. The number of rotatable bonds is 8. The van der Waals surface area contributed by atoms with E-state index in [0.717, 1.165) is 41.5 Å². The molecule has 0 spiro atoms. The lowest BCUT2D eigenvalue weighted by Gasteiger charge is -2.57. The third-order valence-electron chi connectivity index (χ3n) is 10.8. The Morgan fingerprint density at radius 3 is 1.76 bits per heavy atom. The van der Waals surface area contributed by atoms with Gasteiger partial charge >= 0.3 is 41.8 Å². The highest BCUT2D eigenvalue weighted by molar-refractivity contribution is 5.89. The van der Waals surface area contributed by atoms with Gasteiger partial charge in [0, 0.05) is 52.9 Å². The van der Waals surface area contributed by atoms with E-state index in [4.69, 9.17) is 42.6 Å². The average Bonchev–Trinajstić information content (AvgIpc) is 3.87. The monoisotopic (exact) mass is 772 g/mol. The maximum absolute atomic E-state index is 13.9. The third kappa shape index (κ3) is 7.45. The van der Waals surface area contributed by atoms with Gasteiger partial charge < -0.3 is 42.6 Å². The fourth-order valence-electron chi connectivity index (χ4n) is 8.80. The van der Waals surface area contributed by atoms with Gasteiger partial charge in [0.05, 0.1) is 23.7 Å². The lowest BCUT2D eigenvalue weighted by molar-refractivity contribution is -0.308. The van der Waals surface area contributed by atoms with E-state index in [0.29, 0.717) is 0 Å². The predicted octanol–water partition coefficient (Wildman–Crippen LogP) is 3.31. The molecule has 0 N–H and O–H groups in total. The van der Waals surface area contributed by atoms with E-state index in [-0.39, 0.29) is 16.9 Å². The molecule has 0 radical (unpaired) electrons. The Morgan fingerprint density at radius 2 is 1.24 bits per heavy atom. The maximum atomic E-state index is 13.9. The second-order valence-electron chi connectivity index (χ2n) is 15.3. The molecule has 3 aliphatic heterocycles. The molecule has 1 aromatic rings. The second kappa shape index (κ2) is 15.0. The van der Waals surface area contributed by atoms with Crippen LogP contribution in [0.15, 0.2) is 41.7 Å². The number of epoxide rings is 1. The van der Waals surface area contributed by atoms with Crippen LogP contribution in [0.1, 0.15) is 86.5 Å². The van der Waals surface area contributed by atoms with E-state index in [1.165, 1.54) is 19.1 Å². The van der Waals surface area contributed by atoms with E-state index in [9.17, 15) is 33.6 Å². The minimum absolute atomic E-state index is 0.0546. The number of hydrogen-bond donors (Lipinski definition) is 0. The van der Waals surface area contributed by atoms with Gasteiger partial charge in [0.15, 0.2) is 35.8 Å². The molecular formula is C39H48O16. The first kappa shape index (κ1) is 41.3. The first-order valence-corrected chi connectivity index (χ1v) is 17.9. The van der Waals surface area contributed by atoms with E-state index < -0.39 is 119 Å². The average molecular weight is 773 g/mol. The molecule has 16 nitrogen and oxygen atoms in total. The molecule has 16 heteroatoms. The van der Waals surface area contributed by atoms with Crippen LogP contribution < -0.4 is 0 Å². The molecule has 1 saturated carbocycles. The van der Waals surface area contributed by atoms with Gasteiger partial charge in [-0.1, -0.05) is 39.0 Å². The Bertz CT molecular complexity index is 1780. The van der Waals surface area contributed by atoms with E-state index in [1.807, 2.05) is 0 Å². The lowest BCUT2D eigenvalue weighted by Crippen LogP contribution is -2.75. The molecule has 3 fully saturated rings. The summed E-state index contributed by atoms with van der Waals surface area (Å²) in [5, 5.41) is 0. The second-order valence-corrected chi connectivity index (χ2v) is 15.3. The quantitative estimate of drug-likeness (QED) is 0.211. The number of fused-ring (bicyclic) bond motifs is 6. The molecule has 2 saturated heterocycles. The fraction of sp³-hybridized carbons (Fsp3) is 0.615. The van der Waals surface area contributed by atoms with E-state index in [1.54, 1.807) is 45.9 Å². The Kier molecular flexibility index (Phi) is 11.3. The number of carbonyl (C=O) groups is 7. The lowest BCUT2D eigenvalue weighted by atomic mass is 9.65. The largest absolute Gasteiger partial charge is 0.458 e. The Balaban J connectivity index is 1.92. The summed E-state index contributed by atoms with van der Waals surface area (Å²) < 4.78 is 55.6. The highest BCUT2D eigenvalue weighted by Crippen LogP contribution is 2.62. The van der Waals surface area contributed by atoms with Gasteiger partial charge in [-0.3, -0.25) is 28.8 Å². The van der Waals surface area contributed by atoms with Crippen LogP contribution in [0.4, 0.5) is 0 Å². The first-order chi connectivity index (χ1) is 25.6. The molecule has 2 bridgehead atoms. The van der Waals surface area contributed by atoms with Crippen molar-refractivity contribution >= 4 is 41.8 Å². The zero-order valence-corrected chi connectivity index (χ0v) is 32.7. The van der Waals surface area contributed by atoms with Crippen LogP contribution in [-0.2, 0) is 71.4 Å². The molecule has 1 aromatic carbocycles. The molecule has 0 aromatic heterocycles. The summed E-state index contributed by atoms with van der Waals surface area (Å²) in [7, 11) is 0. The molecule has 12 atom stereocenters. The summed E-state index contributed by atoms with van der Waals surface area (Å²) in [6.45, 7) is 14.8. The van der Waals surface area contributed by atoms with Crippen molar-refractivity contribution < 1.29 is 76.2 Å². The van der Waals surface area contributed by atoms with Crippen molar-refractivity contribution in [3.05, 3.63) is 47.2 Å². The molecule has 0 amide bonds. The van der Waals surface area contributed by atoms with Crippen molar-refractivity contribution in [3.63, 3.8) is 0 Å². The van der Waals surface area contributed by atoms with Crippen molar-refractivity contribution in [2.45, 2.75) is 136 Å². The van der Waals surface area contributed by atoms with Gasteiger partial charge in [0.2, 0.25) is 0 Å².